The lowest BCUT2D eigenvalue weighted by Gasteiger charge is -2.23. The summed E-state index contributed by atoms with van der Waals surface area (Å²) in [6.07, 6.45) is 3.61. The largest absolute Gasteiger partial charge is 1.00 e. The Labute approximate surface area is 113 Å². The van der Waals surface area contributed by atoms with Gasteiger partial charge in [0, 0.05) is 12.1 Å². The van der Waals surface area contributed by atoms with Crippen LogP contribution in [0.3, 0.4) is 0 Å². The molecule has 0 radical (unpaired) electrons. The number of aromatic nitrogens is 1. The number of aliphatic hydroxyl groups excluding tert-OH is 1. The van der Waals surface area contributed by atoms with E-state index >= 15 is 0 Å². The molecule has 0 aromatic carbocycles. The number of carbonyl (C=O) groups excluding carboxylic acids is 1. The Hall–Kier alpha value is -0.690. The van der Waals surface area contributed by atoms with Crippen LogP contribution in [0.4, 0.5) is 0 Å². The first-order valence-corrected chi connectivity index (χ1v) is 4.83. The molecule has 0 aliphatic rings. The van der Waals surface area contributed by atoms with Crippen molar-refractivity contribution in [3.8, 4) is 0 Å². The molecule has 0 saturated heterocycles. The molecule has 0 fully saturated rings. The first-order chi connectivity index (χ1) is 6.94. The molecule has 0 atom stereocenters. The van der Waals surface area contributed by atoms with Crippen LogP contribution in [0.1, 0.15) is 24.2 Å². The first kappa shape index (κ1) is 15.3. The van der Waals surface area contributed by atoms with E-state index in [9.17, 15) is 4.79 Å². The number of carbonyl (C=O) groups is 1. The molecule has 1 aromatic rings. The molecule has 1 amide bonds. The molecule has 2 N–H and O–H groups in total. The summed E-state index contributed by atoms with van der Waals surface area (Å²) >= 11 is 0. The van der Waals surface area contributed by atoms with Crippen molar-refractivity contribution < 1.29 is 38.4 Å². The molecule has 4 nitrogen and oxygen atoms in total. The van der Waals surface area contributed by atoms with Gasteiger partial charge in [-0.2, -0.15) is 0 Å². The zero-order valence-electron chi connectivity index (χ0n) is 9.70. The van der Waals surface area contributed by atoms with Crippen LogP contribution >= 0.6 is 0 Å². The number of hydrogen-bond donors (Lipinski definition) is 2. The Morgan fingerprint density at radius 1 is 1.44 bits per heavy atom. The minimum atomic E-state index is -0.588. The number of pyridine rings is 1. The Bertz CT molecular complexity index is 350. The van der Waals surface area contributed by atoms with Gasteiger partial charge in [0.15, 0.2) is 12.4 Å². The van der Waals surface area contributed by atoms with Crippen molar-refractivity contribution in [3.05, 3.63) is 30.1 Å². The Morgan fingerprint density at radius 2 is 1.94 bits per heavy atom. The molecular weight excluding hydrogens is 319 g/mol. The molecule has 1 heterocycles. The fourth-order valence-corrected chi connectivity index (χ4v) is 1.07. The summed E-state index contributed by atoms with van der Waals surface area (Å²) in [5.41, 5.74) is 0.00406. The second-order valence-corrected chi connectivity index (χ2v) is 4.25. The van der Waals surface area contributed by atoms with Crippen molar-refractivity contribution in [1.82, 2.24) is 5.32 Å². The van der Waals surface area contributed by atoms with Crippen molar-refractivity contribution in [1.29, 1.82) is 0 Å². The molecule has 1 aromatic heterocycles. The lowest BCUT2D eigenvalue weighted by molar-refractivity contribution is -0.671. The van der Waals surface area contributed by atoms with Gasteiger partial charge in [-0.05, 0) is 13.8 Å². The maximum atomic E-state index is 11.7. The van der Waals surface area contributed by atoms with Crippen molar-refractivity contribution in [2.45, 2.75) is 19.4 Å². The summed E-state index contributed by atoms with van der Waals surface area (Å²) in [4.78, 5) is 11.7. The van der Waals surface area contributed by atoms with Gasteiger partial charge in [-0.15, -0.1) is 0 Å². The fraction of sp³-hybridized carbons (Fsp3) is 0.455. The van der Waals surface area contributed by atoms with Gasteiger partial charge in [-0.1, -0.05) is 0 Å². The van der Waals surface area contributed by atoms with Gasteiger partial charge in [-0.25, -0.2) is 4.57 Å². The summed E-state index contributed by atoms with van der Waals surface area (Å²) in [5, 5.41) is 11.8. The SMILES string of the molecule is C[n+]1ccc(C(=O)NC(C)(C)CO)cc1.[I-]. The van der Waals surface area contributed by atoms with E-state index in [1.807, 2.05) is 11.6 Å². The van der Waals surface area contributed by atoms with Crippen molar-refractivity contribution in [2.75, 3.05) is 6.61 Å². The van der Waals surface area contributed by atoms with Crippen LogP contribution in [0.2, 0.25) is 0 Å². The van der Waals surface area contributed by atoms with Gasteiger partial charge in [0.05, 0.1) is 17.7 Å². The second-order valence-electron chi connectivity index (χ2n) is 4.25. The van der Waals surface area contributed by atoms with Gasteiger partial charge in [0.1, 0.15) is 7.05 Å². The number of amides is 1. The summed E-state index contributed by atoms with van der Waals surface area (Å²) < 4.78 is 1.86. The first-order valence-electron chi connectivity index (χ1n) is 4.83. The third kappa shape index (κ3) is 4.44. The molecule has 90 valence electrons. The molecule has 0 aliphatic heterocycles. The fourth-order valence-electron chi connectivity index (χ4n) is 1.07. The van der Waals surface area contributed by atoms with Crippen LogP contribution in [-0.4, -0.2) is 23.2 Å². The molecule has 0 aliphatic carbocycles. The highest BCUT2D eigenvalue weighted by Gasteiger charge is 2.20. The lowest BCUT2D eigenvalue weighted by Crippen LogP contribution is -3.00. The van der Waals surface area contributed by atoms with Gasteiger partial charge in [0.2, 0.25) is 0 Å². The maximum absolute atomic E-state index is 11.7. The topological polar surface area (TPSA) is 53.2 Å². The number of hydrogen-bond acceptors (Lipinski definition) is 2. The van der Waals surface area contributed by atoms with Gasteiger partial charge in [0.25, 0.3) is 5.91 Å². The van der Waals surface area contributed by atoms with E-state index in [0.717, 1.165) is 0 Å². The highest BCUT2D eigenvalue weighted by molar-refractivity contribution is 5.94. The monoisotopic (exact) mass is 336 g/mol. The number of nitrogens with one attached hydrogen (secondary N) is 1. The second kappa shape index (κ2) is 6.15. The molecule has 0 spiro atoms. The number of aryl methyl sites for hydroxylation is 1. The predicted octanol–water partition coefficient (Wildman–Crippen LogP) is -2.98. The summed E-state index contributed by atoms with van der Waals surface area (Å²) in [5.74, 6) is -0.172. The van der Waals surface area contributed by atoms with Crippen LogP contribution in [0.5, 0.6) is 0 Å². The number of rotatable bonds is 3. The number of halogens is 1. The van der Waals surface area contributed by atoms with Crippen LogP contribution in [0, 0.1) is 0 Å². The van der Waals surface area contributed by atoms with Crippen molar-refractivity contribution >= 4 is 5.91 Å². The molecule has 1 rings (SSSR count). The zero-order chi connectivity index (χ0) is 11.5. The van der Waals surface area contributed by atoms with Gasteiger partial charge < -0.3 is 34.4 Å². The summed E-state index contributed by atoms with van der Waals surface area (Å²) in [6, 6.07) is 3.48. The van der Waals surface area contributed by atoms with Crippen LogP contribution in [-0.2, 0) is 7.05 Å². The van der Waals surface area contributed by atoms with Gasteiger partial charge in [-0.3, -0.25) is 4.79 Å². The van der Waals surface area contributed by atoms with E-state index in [1.165, 1.54) is 0 Å². The maximum Gasteiger partial charge on any atom is 0.252 e. The lowest BCUT2D eigenvalue weighted by atomic mass is 10.1. The molecule has 0 saturated carbocycles. The zero-order valence-corrected chi connectivity index (χ0v) is 11.9. The van der Waals surface area contributed by atoms with E-state index in [4.69, 9.17) is 5.11 Å². The average Bonchev–Trinajstić information content (AvgIpc) is 2.18. The van der Waals surface area contributed by atoms with Crippen molar-refractivity contribution in [3.63, 3.8) is 0 Å². The molecular formula is C11H17IN2O2. The van der Waals surface area contributed by atoms with E-state index in [-0.39, 0.29) is 36.5 Å². The Morgan fingerprint density at radius 3 is 2.38 bits per heavy atom. The van der Waals surface area contributed by atoms with E-state index in [2.05, 4.69) is 5.32 Å². The molecule has 0 bridgehead atoms. The van der Waals surface area contributed by atoms with Gasteiger partial charge >= 0.3 is 0 Å². The highest BCUT2D eigenvalue weighted by Crippen LogP contribution is 2.03. The Balaban J connectivity index is 0.00000225. The number of nitrogens with zero attached hydrogens (tertiary/aromatic N) is 1. The smallest absolute Gasteiger partial charge is 0.252 e. The quantitative estimate of drug-likeness (QED) is 0.457. The van der Waals surface area contributed by atoms with Crippen LogP contribution < -0.4 is 33.9 Å². The standard InChI is InChI=1S/C11H16N2O2.HI/c1-11(2,8-14)12-10(15)9-4-6-13(3)7-5-9;/h4-7,14H,8H2,1-3H3;1H. The van der Waals surface area contributed by atoms with Crippen LogP contribution in [0.15, 0.2) is 24.5 Å². The third-order valence-electron chi connectivity index (χ3n) is 2.09. The minimum absolute atomic E-state index is 0. The molecule has 0 unspecified atom stereocenters. The minimum Gasteiger partial charge on any atom is -1.00 e. The van der Waals surface area contributed by atoms with E-state index in [0.29, 0.717) is 5.56 Å². The van der Waals surface area contributed by atoms with E-state index < -0.39 is 5.54 Å². The highest BCUT2D eigenvalue weighted by atomic mass is 127. The normalized spacial score (nSPS) is 10.5. The third-order valence-corrected chi connectivity index (χ3v) is 2.09. The molecule has 5 heteroatoms. The predicted molar refractivity (Wildman–Crippen MR) is 56.2 cm³/mol. The van der Waals surface area contributed by atoms with Crippen LogP contribution in [0.25, 0.3) is 0 Å². The molecule has 16 heavy (non-hydrogen) atoms. The summed E-state index contributed by atoms with van der Waals surface area (Å²) in [7, 11) is 1.89. The Kier molecular flexibility index (Phi) is 5.88. The number of aliphatic hydroxyl groups is 1. The van der Waals surface area contributed by atoms with Crippen molar-refractivity contribution in [2.24, 2.45) is 7.05 Å². The van der Waals surface area contributed by atoms with E-state index in [1.54, 1.807) is 38.4 Å². The summed E-state index contributed by atoms with van der Waals surface area (Å²) in [6.45, 7) is 3.46. The average molecular weight is 336 g/mol.